The van der Waals surface area contributed by atoms with Crippen molar-refractivity contribution in [3.8, 4) is 0 Å². The van der Waals surface area contributed by atoms with E-state index >= 15 is 0 Å². The summed E-state index contributed by atoms with van der Waals surface area (Å²) >= 11 is 0. The molecule has 15 heavy (non-hydrogen) atoms. The van der Waals surface area contributed by atoms with Crippen LogP contribution in [0.3, 0.4) is 0 Å². The van der Waals surface area contributed by atoms with Crippen LogP contribution < -0.4 is 0 Å². The van der Waals surface area contributed by atoms with Crippen LogP contribution in [0.2, 0.25) is 0 Å². The third-order valence-electron chi connectivity index (χ3n) is 2.93. The van der Waals surface area contributed by atoms with Crippen LogP contribution in [0.5, 0.6) is 0 Å². The highest BCUT2D eigenvalue weighted by molar-refractivity contribution is 6.90. The maximum absolute atomic E-state index is 3.65. The number of hydrogen-bond donors (Lipinski definition) is 0. The van der Waals surface area contributed by atoms with Gasteiger partial charge in [0.05, 0.1) is 0 Å². The van der Waals surface area contributed by atoms with Crippen molar-refractivity contribution in [1.29, 1.82) is 0 Å². The molecule has 69 valence electrons. The van der Waals surface area contributed by atoms with Crippen molar-refractivity contribution in [2.45, 2.75) is 5.54 Å². The Kier molecular flexibility index (Phi) is 2.11. The van der Waals surface area contributed by atoms with Gasteiger partial charge in [0, 0.05) is 18.8 Å². The molecule has 0 spiro atoms. The molecular formula is C13H9Si2. The summed E-state index contributed by atoms with van der Waals surface area (Å²) in [7, 11) is 4.41. The van der Waals surface area contributed by atoms with Gasteiger partial charge in [0.25, 0.3) is 0 Å². The monoisotopic (exact) mass is 221 g/mol. The number of benzene rings is 2. The standard InChI is InChI=1S/C13H9Si2/c14-15-12-8-7-10-4-1-3-9-5-2-6-11(12)13(9)10/h1-8,12H. The van der Waals surface area contributed by atoms with E-state index in [1.54, 1.807) is 0 Å². The van der Waals surface area contributed by atoms with Crippen molar-refractivity contribution >= 4 is 35.6 Å². The van der Waals surface area contributed by atoms with Gasteiger partial charge in [-0.25, -0.2) is 0 Å². The van der Waals surface area contributed by atoms with Crippen LogP contribution in [0.25, 0.3) is 16.8 Å². The first-order valence-electron chi connectivity index (χ1n) is 5.02. The molecule has 0 fully saturated rings. The van der Waals surface area contributed by atoms with E-state index in [2.05, 4.69) is 58.3 Å². The Morgan fingerprint density at radius 3 is 2.67 bits per heavy atom. The van der Waals surface area contributed by atoms with Gasteiger partial charge in [0.1, 0.15) is 0 Å². The molecule has 0 bridgehead atoms. The third-order valence-corrected chi connectivity index (χ3v) is 4.68. The maximum Gasteiger partial charge on any atom is 0.0334 e. The Morgan fingerprint density at radius 2 is 1.87 bits per heavy atom. The van der Waals surface area contributed by atoms with E-state index in [0.29, 0.717) is 5.54 Å². The predicted octanol–water partition coefficient (Wildman–Crippen LogP) is 2.70. The Morgan fingerprint density at radius 1 is 1.07 bits per heavy atom. The van der Waals surface area contributed by atoms with Crippen molar-refractivity contribution in [3.05, 3.63) is 53.6 Å². The van der Waals surface area contributed by atoms with Gasteiger partial charge < -0.3 is 0 Å². The molecule has 0 N–H and O–H groups in total. The molecule has 1 unspecified atom stereocenters. The lowest BCUT2D eigenvalue weighted by molar-refractivity contribution is 1.22. The van der Waals surface area contributed by atoms with Crippen LogP contribution in [0.1, 0.15) is 16.7 Å². The van der Waals surface area contributed by atoms with Crippen molar-refractivity contribution in [3.63, 3.8) is 0 Å². The van der Waals surface area contributed by atoms with Gasteiger partial charge in [-0.1, -0.05) is 48.6 Å². The summed E-state index contributed by atoms with van der Waals surface area (Å²) in [4.78, 5) is 0. The van der Waals surface area contributed by atoms with Crippen molar-refractivity contribution < 1.29 is 0 Å². The molecule has 0 amide bonds. The Labute approximate surface area is 95.0 Å². The SMILES string of the molecule is [Si][Si]C1C=Cc2cccc3cccc1c23. The van der Waals surface area contributed by atoms with Crippen molar-refractivity contribution in [1.82, 2.24) is 0 Å². The second-order valence-corrected chi connectivity index (χ2v) is 5.55. The van der Waals surface area contributed by atoms with Gasteiger partial charge in [-0.3, -0.25) is 0 Å². The van der Waals surface area contributed by atoms with Crippen molar-refractivity contribution in [2.24, 2.45) is 0 Å². The van der Waals surface area contributed by atoms with E-state index in [1.807, 2.05) is 0 Å². The van der Waals surface area contributed by atoms with Gasteiger partial charge in [-0.05, 0) is 27.4 Å². The van der Waals surface area contributed by atoms with Gasteiger partial charge in [0.15, 0.2) is 0 Å². The van der Waals surface area contributed by atoms with E-state index in [9.17, 15) is 0 Å². The second kappa shape index (κ2) is 3.47. The Bertz CT molecular complexity index is 538. The van der Waals surface area contributed by atoms with Crippen LogP contribution >= 0.6 is 0 Å². The minimum absolute atomic E-state index is 0.542. The highest BCUT2D eigenvalue weighted by atomic mass is 29.1. The van der Waals surface area contributed by atoms with Gasteiger partial charge in [-0.15, -0.1) is 0 Å². The van der Waals surface area contributed by atoms with E-state index in [1.165, 1.54) is 21.9 Å². The zero-order chi connectivity index (χ0) is 10.3. The van der Waals surface area contributed by atoms with Crippen LogP contribution in [0, 0.1) is 0 Å². The summed E-state index contributed by atoms with van der Waals surface area (Å²) < 4.78 is 0. The number of rotatable bonds is 1. The molecule has 2 aromatic rings. The lowest BCUT2D eigenvalue weighted by Gasteiger charge is -2.19. The zero-order valence-electron chi connectivity index (χ0n) is 8.20. The second-order valence-electron chi connectivity index (χ2n) is 3.77. The predicted molar refractivity (Wildman–Crippen MR) is 67.2 cm³/mol. The van der Waals surface area contributed by atoms with E-state index in [4.69, 9.17) is 0 Å². The summed E-state index contributed by atoms with van der Waals surface area (Å²) in [6.45, 7) is 0. The highest BCUT2D eigenvalue weighted by Gasteiger charge is 2.15. The van der Waals surface area contributed by atoms with E-state index in [-0.39, 0.29) is 0 Å². The molecule has 2 aromatic carbocycles. The maximum atomic E-state index is 3.65. The highest BCUT2D eigenvalue weighted by Crippen LogP contribution is 2.33. The smallest absolute Gasteiger partial charge is 0.0334 e. The number of hydrogen-bond acceptors (Lipinski definition) is 0. The summed E-state index contributed by atoms with van der Waals surface area (Å²) in [6, 6.07) is 13.1. The topological polar surface area (TPSA) is 0 Å². The molecule has 0 heterocycles. The molecule has 2 heteroatoms. The minimum atomic E-state index is 0.542. The zero-order valence-corrected chi connectivity index (χ0v) is 10.2. The van der Waals surface area contributed by atoms with Crippen LogP contribution in [0.15, 0.2) is 42.5 Å². The molecule has 1 atom stereocenters. The summed E-state index contributed by atoms with van der Waals surface area (Å²) in [5.41, 5.74) is 3.35. The first-order valence-corrected chi connectivity index (χ1v) is 7.60. The first kappa shape index (κ1) is 9.13. The third kappa shape index (κ3) is 1.33. The first-order chi connectivity index (χ1) is 7.40. The van der Waals surface area contributed by atoms with Gasteiger partial charge in [0.2, 0.25) is 0 Å². The van der Waals surface area contributed by atoms with Crippen LogP contribution in [-0.2, 0) is 0 Å². The number of allylic oxidation sites excluding steroid dienone is 1. The quantitative estimate of drug-likeness (QED) is 0.650. The fourth-order valence-electron chi connectivity index (χ4n) is 2.23. The average Bonchev–Trinajstić information content (AvgIpc) is 2.30. The molecule has 1 aliphatic carbocycles. The molecular weight excluding hydrogens is 212 g/mol. The van der Waals surface area contributed by atoms with Gasteiger partial charge in [-0.2, -0.15) is 0 Å². The fourth-order valence-corrected chi connectivity index (χ4v) is 3.57. The largest absolute Gasteiger partial charge is 0.0800 e. The summed E-state index contributed by atoms with van der Waals surface area (Å²) in [6.07, 6.45) is 4.54. The molecule has 0 aliphatic heterocycles. The molecule has 3 rings (SSSR count). The molecule has 0 saturated carbocycles. The van der Waals surface area contributed by atoms with Gasteiger partial charge >= 0.3 is 0 Å². The molecule has 0 aromatic heterocycles. The Hall–Kier alpha value is -1.13. The van der Waals surface area contributed by atoms with E-state index < -0.39 is 0 Å². The average molecular weight is 221 g/mol. The minimum Gasteiger partial charge on any atom is -0.0800 e. The van der Waals surface area contributed by atoms with Crippen LogP contribution in [0.4, 0.5) is 0 Å². The van der Waals surface area contributed by atoms with Crippen molar-refractivity contribution in [2.75, 3.05) is 0 Å². The summed E-state index contributed by atoms with van der Waals surface area (Å²) in [5, 5.41) is 2.78. The molecule has 1 aliphatic rings. The lowest BCUT2D eigenvalue weighted by atomic mass is 9.93. The van der Waals surface area contributed by atoms with E-state index in [0.717, 1.165) is 9.04 Å². The molecule has 5 radical (unpaired) electrons. The molecule has 0 nitrogen and oxygen atoms in total. The Balaban J connectivity index is 2.41. The summed E-state index contributed by atoms with van der Waals surface area (Å²) in [5.74, 6) is 0. The normalized spacial score (nSPS) is 18.3. The molecule has 0 saturated heterocycles. The van der Waals surface area contributed by atoms with Crippen LogP contribution in [-0.4, -0.2) is 18.8 Å². The lowest BCUT2D eigenvalue weighted by Crippen LogP contribution is -2.08. The fraction of sp³-hybridized carbons (Fsp3) is 0.0769.